The quantitative estimate of drug-likeness (QED) is 0.911. The summed E-state index contributed by atoms with van der Waals surface area (Å²) in [5, 5.41) is 12.3. The third-order valence-corrected chi connectivity index (χ3v) is 4.54. The Labute approximate surface area is 114 Å². The highest BCUT2D eigenvalue weighted by Gasteiger charge is 2.30. The van der Waals surface area contributed by atoms with Gasteiger partial charge in [0.1, 0.15) is 16.5 Å². The van der Waals surface area contributed by atoms with Crippen molar-refractivity contribution >= 4 is 33.3 Å². The molecule has 0 saturated carbocycles. The van der Waals surface area contributed by atoms with Crippen LogP contribution in [0.2, 0.25) is 0 Å². The Kier molecular flexibility index (Phi) is 2.89. The maximum Gasteiger partial charge on any atom is 0.308 e. The highest BCUT2D eigenvalue weighted by Crippen LogP contribution is 2.34. The summed E-state index contributed by atoms with van der Waals surface area (Å²) in [7, 11) is 0. The number of carbonyl (C=O) groups is 1. The van der Waals surface area contributed by atoms with E-state index in [1.165, 1.54) is 0 Å². The zero-order valence-electron chi connectivity index (χ0n) is 10.9. The summed E-state index contributed by atoms with van der Waals surface area (Å²) in [4.78, 5) is 23.1. The van der Waals surface area contributed by atoms with Crippen LogP contribution in [0.4, 0.5) is 5.82 Å². The van der Waals surface area contributed by atoms with Gasteiger partial charge in [0.15, 0.2) is 0 Å². The molecule has 5 nitrogen and oxygen atoms in total. The molecule has 1 N–H and O–H groups in total. The zero-order valence-corrected chi connectivity index (χ0v) is 11.7. The minimum Gasteiger partial charge on any atom is -0.481 e. The van der Waals surface area contributed by atoms with Gasteiger partial charge in [-0.1, -0.05) is 0 Å². The maximum atomic E-state index is 11.1. The number of aryl methyl sites for hydroxylation is 2. The molecular weight excluding hydrogens is 262 g/mol. The van der Waals surface area contributed by atoms with E-state index in [4.69, 9.17) is 5.11 Å². The van der Waals surface area contributed by atoms with Crippen LogP contribution in [0.15, 0.2) is 5.38 Å². The molecule has 1 aliphatic rings. The molecular formula is C13H15N3O2S. The van der Waals surface area contributed by atoms with Gasteiger partial charge in [-0.05, 0) is 31.2 Å². The summed E-state index contributed by atoms with van der Waals surface area (Å²) in [6.45, 7) is 5.21. The topological polar surface area (TPSA) is 66.3 Å². The maximum absolute atomic E-state index is 11.1. The lowest BCUT2D eigenvalue weighted by Crippen LogP contribution is -2.24. The molecule has 3 heterocycles. The Bertz CT molecular complexity index is 653. The van der Waals surface area contributed by atoms with Gasteiger partial charge in [-0.25, -0.2) is 9.97 Å². The van der Waals surface area contributed by atoms with Gasteiger partial charge in [0.25, 0.3) is 0 Å². The highest BCUT2D eigenvalue weighted by molar-refractivity contribution is 7.17. The molecule has 1 fully saturated rings. The Balaban J connectivity index is 2.05. The van der Waals surface area contributed by atoms with Crippen LogP contribution in [0.5, 0.6) is 0 Å². The van der Waals surface area contributed by atoms with E-state index in [1.807, 2.05) is 13.8 Å². The Hall–Kier alpha value is -1.69. The monoisotopic (exact) mass is 277 g/mol. The summed E-state index contributed by atoms with van der Waals surface area (Å²) >= 11 is 1.61. The molecule has 0 aromatic carbocycles. The fraction of sp³-hybridized carbons (Fsp3) is 0.462. The second-order valence-corrected chi connectivity index (χ2v) is 5.82. The zero-order chi connectivity index (χ0) is 13.6. The van der Waals surface area contributed by atoms with E-state index in [-0.39, 0.29) is 5.92 Å². The summed E-state index contributed by atoms with van der Waals surface area (Å²) < 4.78 is 0. The summed E-state index contributed by atoms with van der Waals surface area (Å²) in [6, 6.07) is 0. The first-order valence-corrected chi connectivity index (χ1v) is 7.14. The average molecular weight is 277 g/mol. The largest absolute Gasteiger partial charge is 0.481 e. The van der Waals surface area contributed by atoms with Crippen molar-refractivity contribution < 1.29 is 9.90 Å². The number of aromatic nitrogens is 2. The number of anilines is 1. The molecule has 0 amide bonds. The molecule has 1 saturated heterocycles. The third kappa shape index (κ3) is 2.06. The van der Waals surface area contributed by atoms with Crippen molar-refractivity contribution in [2.24, 2.45) is 5.92 Å². The second kappa shape index (κ2) is 4.45. The fourth-order valence-corrected chi connectivity index (χ4v) is 3.51. The van der Waals surface area contributed by atoms with E-state index in [0.717, 1.165) is 34.0 Å². The van der Waals surface area contributed by atoms with E-state index in [0.29, 0.717) is 13.0 Å². The highest BCUT2D eigenvalue weighted by atomic mass is 32.1. The van der Waals surface area contributed by atoms with E-state index >= 15 is 0 Å². The number of nitrogens with zero attached hydrogens (tertiary/aromatic N) is 3. The predicted molar refractivity (Wildman–Crippen MR) is 74.8 cm³/mol. The van der Waals surface area contributed by atoms with Crippen LogP contribution in [0, 0.1) is 19.8 Å². The lowest BCUT2D eigenvalue weighted by molar-refractivity contribution is -0.140. The number of fused-ring (bicyclic) bond motifs is 1. The van der Waals surface area contributed by atoms with Crippen molar-refractivity contribution in [2.45, 2.75) is 20.3 Å². The molecule has 0 aliphatic carbocycles. The van der Waals surface area contributed by atoms with Gasteiger partial charge < -0.3 is 10.0 Å². The molecule has 1 unspecified atom stereocenters. The van der Waals surface area contributed by atoms with Gasteiger partial charge in [-0.3, -0.25) is 4.79 Å². The Morgan fingerprint density at radius 2 is 2.26 bits per heavy atom. The van der Waals surface area contributed by atoms with E-state index < -0.39 is 5.97 Å². The van der Waals surface area contributed by atoms with Crippen molar-refractivity contribution in [1.29, 1.82) is 0 Å². The van der Waals surface area contributed by atoms with Crippen LogP contribution in [-0.4, -0.2) is 34.1 Å². The molecule has 0 spiro atoms. The average Bonchev–Trinajstić information content (AvgIpc) is 2.96. The lowest BCUT2D eigenvalue weighted by Gasteiger charge is -2.18. The molecule has 2 aromatic rings. The van der Waals surface area contributed by atoms with Gasteiger partial charge in [0.2, 0.25) is 0 Å². The summed E-state index contributed by atoms with van der Waals surface area (Å²) in [5.41, 5.74) is 1.16. The van der Waals surface area contributed by atoms with Crippen molar-refractivity contribution in [1.82, 2.24) is 9.97 Å². The fourth-order valence-electron chi connectivity index (χ4n) is 2.55. The van der Waals surface area contributed by atoms with Gasteiger partial charge >= 0.3 is 5.97 Å². The van der Waals surface area contributed by atoms with E-state index in [2.05, 4.69) is 20.2 Å². The van der Waals surface area contributed by atoms with Crippen molar-refractivity contribution in [3.63, 3.8) is 0 Å². The number of hydrogen-bond acceptors (Lipinski definition) is 5. The Morgan fingerprint density at radius 3 is 2.95 bits per heavy atom. The van der Waals surface area contributed by atoms with Crippen LogP contribution >= 0.6 is 11.3 Å². The minimum atomic E-state index is -0.716. The van der Waals surface area contributed by atoms with Crippen LogP contribution in [0.3, 0.4) is 0 Å². The predicted octanol–water partition coefficient (Wildman–Crippen LogP) is 2.22. The smallest absolute Gasteiger partial charge is 0.308 e. The second-order valence-electron chi connectivity index (χ2n) is 4.96. The first-order chi connectivity index (χ1) is 9.06. The number of aliphatic carboxylic acids is 1. The van der Waals surface area contributed by atoms with Crippen molar-refractivity contribution in [3.05, 3.63) is 16.8 Å². The first-order valence-electron chi connectivity index (χ1n) is 6.26. The molecule has 3 rings (SSSR count). The van der Waals surface area contributed by atoms with Gasteiger partial charge in [-0.2, -0.15) is 0 Å². The molecule has 0 bridgehead atoms. The van der Waals surface area contributed by atoms with Gasteiger partial charge in [-0.15, -0.1) is 11.3 Å². The number of rotatable bonds is 2. The lowest BCUT2D eigenvalue weighted by atomic mass is 10.1. The van der Waals surface area contributed by atoms with Crippen LogP contribution < -0.4 is 4.90 Å². The molecule has 0 radical (unpaired) electrons. The molecule has 2 aromatic heterocycles. The Morgan fingerprint density at radius 1 is 1.47 bits per heavy atom. The molecule has 19 heavy (non-hydrogen) atoms. The van der Waals surface area contributed by atoms with E-state index in [1.54, 1.807) is 11.3 Å². The number of carboxylic acids is 1. The number of hydrogen-bond donors (Lipinski definition) is 1. The van der Waals surface area contributed by atoms with Crippen molar-refractivity contribution in [3.8, 4) is 0 Å². The van der Waals surface area contributed by atoms with Gasteiger partial charge in [0, 0.05) is 13.1 Å². The molecule has 6 heteroatoms. The molecule has 1 aliphatic heterocycles. The van der Waals surface area contributed by atoms with Crippen LogP contribution in [0.25, 0.3) is 10.2 Å². The normalized spacial score (nSPS) is 19.3. The summed E-state index contributed by atoms with van der Waals surface area (Å²) in [6.07, 6.45) is 0.684. The number of carboxylic acid groups (broad SMARTS) is 1. The van der Waals surface area contributed by atoms with Crippen LogP contribution in [-0.2, 0) is 4.79 Å². The number of thiophene rings is 1. The summed E-state index contributed by atoms with van der Waals surface area (Å²) in [5.74, 6) is 0.629. The first kappa shape index (κ1) is 12.3. The SMILES string of the molecule is Cc1nc(N2CCC(C(=O)O)C2)c2c(C)csc2n1. The van der Waals surface area contributed by atoms with Gasteiger partial charge in [0.05, 0.1) is 11.3 Å². The van der Waals surface area contributed by atoms with Crippen LogP contribution in [0.1, 0.15) is 17.8 Å². The third-order valence-electron chi connectivity index (χ3n) is 3.55. The van der Waals surface area contributed by atoms with E-state index in [9.17, 15) is 4.79 Å². The van der Waals surface area contributed by atoms with Crippen molar-refractivity contribution in [2.75, 3.05) is 18.0 Å². The standard InChI is InChI=1S/C13H15N3O2S/c1-7-6-19-12-10(7)11(14-8(2)15-12)16-4-3-9(5-16)13(17)18/h6,9H,3-5H2,1-2H3,(H,17,18). The molecule has 100 valence electrons. The molecule has 1 atom stereocenters. The minimum absolute atomic E-state index is 0.288.